The van der Waals surface area contributed by atoms with E-state index in [1.54, 1.807) is 18.2 Å². The molecule has 0 unspecified atom stereocenters. The Kier molecular flexibility index (Phi) is 2.35. The van der Waals surface area contributed by atoms with E-state index in [-0.39, 0.29) is 23.6 Å². The van der Waals surface area contributed by atoms with Crippen molar-refractivity contribution in [1.82, 2.24) is 10.3 Å². The molecule has 1 aromatic carbocycles. The Morgan fingerprint density at radius 2 is 2.19 bits per heavy atom. The molecule has 1 aliphatic rings. The molecular weight excluding hydrogens is 270 g/mol. The molecule has 4 rings (SSSR count). The van der Waals surface area contributed by atoms with E-state index in [1.165, 1.54) is 6.07 Å². The molecule has 0 aliphatic carbocycles. The molecule has 1 amide bonds. The lowest BCUT2D eigenvalue weighted by Gasteiger charge is -2.09. The molecule has 0 saturated carbocycles. The Morgan fingerprint density at radius 3 is 3.05 bits per heavy atom. The standard InChI is InChI=1S/C15H13N3O3/c1-7-6-16-13-12-8-2-5-11(19)18-9(8)3-4-10(12)21-14(13)15(20)17-7/h2-5,7,16H,6H2,1H3,(H,17,20)(H,18,19)/t7-/m1/s1. The number of hydrogen-bond acceptors (Lipinski definition) is 5. The zero-order valence-electron chi connectivity index (χ0n) is 11.3. The second-order valence-electron chi connectivity index (χ2n) is 5.24. The number of fused-ring (bicyclic) bond motifs is 5. The van der Waals surface area contributed by atoms with Gasteiger partial charge in [-0.05, 0) is 25.1 Å². The monoisotopic (exact) mass is 283 g/mol. The Hall–Kier alpha value is -2.76. The number of benzene rings is 1. The van der Waals surface area contributed by atoms with Crippen molar-refractivity contribution in [3.05, 3.63) is 30.0 Å². The number of nitrogens with one attached hydrogen (secondary N) is 2. The Bertz CT molecular complexity index is 885. The van der Waals surface area contributed by atoms with Gasteiger partial charge in [0.05, 0.1) is 16.6 Å². The molecule has 6 nitrogen and oxygen atoms in total. The van der Waals surface area contributed by atoms with Crippen molar-refractivity contribution in [2.24, 2.45) is 0 Å². The normalized spacial score (nSPS) is 18.1. The molecule has 2 aromatic heterocycles. The summed E-state index contributed by atoms with van der Waals surface area (Å²) in [6.45, 7) is 2.55. The number of carbonyl (C=O) groups excluding carboxylic acids is 1. The lowest BCUT2D eigenvalue weighted by atomic mass is 10.1. The van der Waals surface area contributed by atoms with Gasteiger partial charge < -0.3 is 20.2 Å². The van der Waals surface area contributed by atoms with Crippen LogP contribution in [0.2, 0.25) is 0 Å². The van der Waals surface area contributed by atoms with E-state index >= 15 is 0 Å². The van der Waals surface area contributed by atoms with E-state index in [1.807, 2.05) is 6.92 Å². The summed E-state index contributed by atoms with van der Waals surface area (Å²) in [5, 5.41) is 17.3. The van der Waals surface area contributed by atoms with Crippen molar-refractivity contribution in [3.63, 3.8) is 0 Å². The number of amides is 1. The third-order valence-corrected chi connectivity index (χ3v) is 3.68. The number of pyridine rings is 1. The van der Waals surface area contributed by atoms with Crippen molar-refractivity contribution in [2.75, 3.05) is 11.9 Å². The number of anilines is 1. The molecule has 0 radical (unpaired) electrons. The Morgan fingerprint density at radius 1 is 1.33 bits per heavy atom. The summed E-state index contributed by atoms with van der Waals surface area (Å²) in [4.78, 5) is 16.3. The first-order valence-electron chi connectivity index (χ1n) is 6.73. The van der Waals surface area contributed by atoms with Crippen LogP contribution in [0.5, 0.6) is 5.88 Å². The van der Waals surface area contributed by atoms with Crippen molar-refractivity contribution >= 4 is 33.5 Å². The fourth-order valence-corrected chi connectivity index (χ4v) is 2.71. The summed E-state index contributed by atoms with van der Waals surface area (Å²) in [7, 11) is 0. The van der Waals surface area contributed by atoms with Crippen LogP contribution in [-0.4, -0.2) is 28.6 Å². The van der Waals surface area contributed by atoms with E-state index in [0.29, 0.717) is 23.3 Å². The van der Waals surface area contributed by atoms with Gasteiger partial charge in [-0.25, -0.2) is 4.98 Å². The van der Waals surface area contributed by atoms with Gasteiger partial charge in [0, 0.05) is 24.0 Å². The Balaban J connectivity index is 2.08. The second-order valence-corrected chi connectivity index (χ2v) is 5.24. The lowest BCUT2D eigenvalue weighted by Crippen LogP contribution is -2.34. The highest BCUT2D eigenvalue weighted by molar-refractivity contribution is 6.16. The minimum atomic E-state index is -0.224. The molecule has 6 heteroatoms. The smallest absolute Gasteiger partial charge is 0.289 e. The number of nitrogens with zero attached hydrogens (tertiary/aromatic N) is 1. The molecule has 0 spiro atoms. The molecule has 21 heavy (non-hydrogen) atoms. The molecule has 0 bridgehead atoms. The first-order valence-corrected chi connectivity index (χ1v) is 6.73. The molecule has 3 N–H and O–H groups in total. The van der Waals surface area contributed by atoms with Crippen LogP contribution in [0.3, 0.4) is 0 Å². The molecule has 1 aliphatic heterocycles. The molecule has 0 saturated heterocycles. The number of carbonyl (C=O) groups is 1. The highest BCUT2D eigenvalue weighted by Gasteiger charge is 2.26. The van der Waals surface area contributed by atoms with Gasteiger partial charge in [-0.3, -0.25) is 4.79 Å². The van der Waals surface area contributed by atoms with E-state index in [2.05, 4.69) is 15.6 Å². The fourth-order valence-electron chi connectivity index (χ4n) is 2.71. The summed E-state index contributed by atoms with van der Waals surface area (Å²) in [6.07, 6.45) is 0. The SMILES string of the molecule is C[C@@H]1CNc2c(oc3ccc4nc(O)ccc4c23)C(=O)N1. The van der Waals surface area contributed by atoms with Crippen LogP contribution in [0.1, 0.15) is 17.5 Å². The predicted octanol–water partition coefficient (Wildman–Crippen LogP) is 2.23. The van der Waals surface area contributed by atoms with Crippen LogP contribution in [0, 0.1) is 0 Å². The van der Waals surface area contributed by atoms with Gasteiger partial charge in [-0.1, -0.05) is 0 Å². The largest absolute Gasteiger partial charge is 0.493 e. The lowest BCUT2D eigenvalue weighted by molar-refractivity contribution is 0.0920. The first-order chi connectivity index (χ1) is 10.1. The van der Waals surface area contributed by atoms with Gasteiger partial charge >= 0.3 is 0 Å². The molecule has 3 heterocycles. The predicted molar refractivity (Wildman–Crippen MR) is 78.6 cm³/mol. The second kappa shape index (κ2) is 4.12. The maximum absolute atomic E-state index is 12.2. The fraction of sp³-hybridized carbons (Fsp3) is 0.200. The number of furan rings is 1. The third-order valence-electron chi connectivity index (χ3n) is 3.68. The molecule has 1 atom stereocenters. The minimum absolute atomic E-state index is 0.0206. The van der Waals surface area contributed by atoms with Gasteiger partial charge in [0.25, 0.3) is 5.91 Å². The molecule has 106 valence electrons. The summed E-state index contributed by atoms with van der Waals surface area (Å²) in [6, 6.07) is 6.86. The Labute approximate surface area is 119 Å². The van der Waals surface area contributed by atoms with E-state index in [9.17, 15) is 9.90 Å². The summed E-state index contributed by atoms with van der Waals surface area (Å²) in [5.41, 5.74) is 1.97. The minimum Gasteiger partial charge on any atom is -0.493 e. The topological polar surface area (TPSA) is 87.4 Å². The van der Waals surface area contributed by atoms with E-state index < -0.39 is 0 Å². The number of aromatic nitrogens is 1. The number of aromatic hydroxyl groups is 1. The van der Waals surface area contributed by atoms with Crippen LogP contribution in [0.25, 0.3) is 21.9 Å². The molecule has 0 fully saturated rings. The van der Waals surface area contributed by atoms with Crippen LogP contribution < -0.4 is 10.6 Å². The highest BCUT2D eigenvalue weighted by atomic mass is 16.3. The van der Waals surface area contributed by atoms with Crippen LogP contribution >= 0.6 is 0 Å². The van der Waals surface area contributed by atoms with Gasteiger partial charge in [-0.15, -0.1) is 0 Å². The molecular formula is C15H13N3O3. The third kappa shape index (κ3) is 1.72. The van der Waals surface area contributed by atoms with Gasteiger partial charge in [-0.2, -0.15) is 0 Å². The highest BCUT2D eigenvalue weighted by Crippen LogP contribution is 2.37. The van der Waals surface area contributed by atoms with Crippen LogP contribution in [-0.2, 0) is 0 Å². The van der Waals surface area contributed by atoms with E-state index in [0.717, 1.165) is 10.8 Å². The van der Waals surface area contributed by atoms with Crippen molar-refractivity contribution in [1.29, 1.82) is 0 Å². The van der Waals surface area contributed by atoms with Gasteiger partial charge in [0.2, 0.25) is 11.6 Å². The van der Waals surface area contributed by atoms with Crippen LogP contribution in [0.15, 0.2) is 28.7 Å². The first kappa shape index (κ1) is 12.0. The average molecular weight is 283 g/mol. The quantitative estimate of drug-likeness (QED) is 0.589. The average Bonchev–Trinajstić information content (AvgIpc) is 2.77. The van der Waals surface area contributed by atoms with E-state index in [4.69, 9.17) is 4.42 Å². The van der Waals surface area contributed by atoms with Crippen molar-refractivity contribution in [2.45, 2.75) is 13.0 Å². The maximum Gasteiger partial charge on any atom is 0.289 e. The van der Waals surface area contributed by atoms with Crippen molar-refractivity contribution < 1.29 is 14.3 Å². The van der Waals surface area contributed by atoms with Gasteiger partial charge in [0.15, 0.2) is 0 Å². The maximum atomic E-state index is 12.2. The zero-order chi connectivity index (χ0) is 14.6. The van der Waals surface area contributed by atoms with Crippen molar-refractivity contribution in [3.8, 4) is 5.88 Å². The number of hydrogen-bond donors (Lipinski definition) is 3. The summed E-state index contributed by atoms with van der Waals surface area (Å²) < 4.78 is 5.70. The van der Waals surface area contributed by atoms with Gasteiger partial charge in [0.1, 0.15) is 5.58 Å². The zero-order valence-corrected chi connectivity index (χ0v) is 11.3. The summed E-state index contributed by atoms with van der Waals surface area (Å²) >= 11 is 0. The van der Waals surface area contributed by atoms with Crippen LogP contribution in [0.4, 0.5) is 5.69 Å². The number of rotatable bonds is 0. The summed E-state index contributed by atoms with van der Waals surface area (Å²) in [5.74, 6) is 0.0317. The molecule has 3 aromatic rings.